The van der Waals surface area contributed by atoms with Crippen molar-refractivity contribution >= 4 is 0 Å². The van der Waals surface area contributed by atoms with E-state index in [1.165, 1.54) is 141 Å². The molecule has 1 atom stereocenters. The molecule has 0 bridgehead atoms. The molecule has 0 fully saturated rings. The van der Waals surface area contributed by atoms with Crippen molar-refractivity contribution in [3.8, 4) is 11.8 Å². The van der Waals surface area contributed by atoms with E-state index in [9.17, 15) is 0 Å². The summed E-state index contributed by atoms with van der Waals surface area (Å²) in [5.74, 6) is 7.74. The highest BCUT2D eigenvalue weighted by Gasteiger charge is 2.07. The molecule has 1 unspecified atom stereocenters. The highest BCUT2D eigenvalue weighted by Crippen LogP contribution is 2.23. The fourth-order valence-electron chi connectivity index (χ4n) is 4.58. The van der Waals surface area contributed by atoms with Crippen LogP contribution in [0.25, 0.3) is 0 Å². The predicted molar refractivity (Wildman–Crippen MR) is 139 cm³/mol. The quantitative estimate of drug-likeness (QED) is 0.114. The molecule has 0 aliphatic heterocycles. The van der Waals surface area contributed by atoms with Crippen LogP contribution in [0.5, 0.6) is 0 Å². The Bertz CT molecular complexity index is 358. The molecule has 0 aromatic rings. The van der Waals surface area contributed by atoms with Crippen LogP contribution in [0.2, 0.25) is 0 Å². The Balaban J connectivity index is 3.47. The van der Waals surface area contributed by atoms with Crippen LogP contribution in [-0.2, 0) is 0 Å². The molecule has 0 heterocycles. The Morgan fingerprint density at radius 1 is 0.367 bits per heavy atom. The highest BCUT2D eigenvalue weighted by molar-refractivity contribution is 4.98. The van der Waals surface area contributed by atoms with Crippen LogP contribution in [-0.4, -0.2) is 0 Å². The van der Waals surface area contributed by atoms with Gasteiger partial charge in [0.25, 0.3) is 0 Å². The Hall–Kier alpha value is -0.440. The van der Waals surface area contributed by atoms with Gasteiger partial charge in [0.2, 0.25) is 0 Å². The van der Waals surface area contributed by atoms with Crippen LogP contribution < -0.4 is 0 Å². The predicted octanol–water partition coefficient (Wildman–Crippen LogP) is 11.0. The van der Waals surface area contributed by atoms with Gasteiger partial charge in [0.15, 0.2) is 0 Å². The summed E-state index contributed by atoms with van der Waals surface area (Å²) in [6, 6.07) is 0. The molecule has 0 amide bonds. The summed E-state index contributed by atoms with van der Waals surface area (Å²) in [7, 11) is 0. The maximum atomic E-state index is 3.39. The van der Waals surface area contributed by atoms with Crippen molar-refractivity contribution in [1.82, 2.24) is 0 Å². The lowest BCUT2D eigenvalue weighted by Gasteiger charge is -2.15. The summed E-state index contributed by atoms with van der Waals surface area (Å²) in [5, 5.41) is 0. The Kier molecular flexibility index (Phi) is 26.2. The molecule has 0 aliphatic carbocycles. The van der Waals surface area contributed by atoms with Gasteiger partial charge in [0.05, 0.1) is 0 Å². The lowest BCUT2D eigenvalue weighted by Crippen LogP contribution is -2.00. The van der Waals surface area contributed by atoms with Crippen molar-refractivity contribution in [2.24, 2.45) is 5.92 Å². The second kappa shape index (κ2) is 26.6. The first kappa shape index (κ1) is 29.6. The summed E-state index contributed by atoms with van der Waals surface area (Å²) in [6.07, 6.45) is 33.7. The molecule has 0 saturated heterocycles. The van der Waals surface area contributed by atoms with Gasteiger partial charge in [-0.2, -0.15) is 0 Å². The van der Waals surface area contributed by atoms with Crippen LogP contribution in [0, 0.1) is 17.8 Å². The molecule has 0 rings (SSSR count). The second-order valence-corrected chi connectivity index (χ2v) is 9.74. The van der Waals surface area contributed by atoms with Gasteiger partial charge < -0.3 is 0 Å². The van der Waals surface area contributed by atoms with Crippen LogP contribution in [0.4, 0.5) is 0 Å². The average molecular weight is 419 g/mol. The Morgan fingerprint density at radius 3 is 1.20 bits per heavy atom. The first-order valence-corrected chi connectivity index (χ1v) is 14.3. The molecule has 178 valence electrons. The number of hydrogen-bond acceptors (Lipinski definition) is 0. The number of unbranched alkanes of at least 4 members (excludes halogenated alkanes) is 17. The van der Waals surface area contributed by atoms with E-state index < -0.39 is 0 Å². The van der Waals surface area contributed by atoms with E-state index in [4.69, 9.17) is 0 Å². The lowest BCUT2D eigenvalue weighted by atomic mass is 9.90. The van der Waals surface area contributed by atoms with E-state index in [2.05, 4.69) is 32.6 Å². The van der Waals surface area contributed by atoms with Gasteiger partial charge in [-0.25, -0.2) is 0 Å². The van der Waals surface area contributed by atoms with E-state index in [0.717, 1.165) is 18.8 Å². The van der Waals surface area contributed by atoms with E-state index in [0.29, 0.717) is 0 Å². The normalized spacial score (nSPS) is 12.0. The van der Waals surface area contributed by atoms with Crippen LogP contribution in [0.1, 0.15) is 175 Å². The van der Waals surface area contributed by atoms with Gasteiger partial charge in [0.1, 0.15) is 0 Å². The highest BCUT2D eigenvalue weighted by atomic mass is 14.1. The van der Waals surface area contributed by atoms with Gasteiger partial charge in [-0.1, -0.05) is 149 Å². The summed E-state index contributed by atoms with van der Waals surface area (Å²) >= 11 is 0. The summed E-state index contributed by atoms with van der Waals surface area (Å²) in [5.41, 5.74) is 0. The minimum atomic E-state index is 0.998. The molecule has 0 nitrogen and oxygen atoms in total. The van der Waals surface area contributed by atoms with Crippen molar-refractivity contribution in [3.63, 3.8) is 0 Å². The maximum absolute atomic E-state index is 3.39. The molecule has 0 spiro atoms. The lowest BCUT2D eigenvalue weighted by molar-refractivity contribution is 0.379. The van der Waals surface area contributed by atoms with Crippen molar-refractivity contribution in [3.05, 3.63) is 0 Å². The third-order valence-electron chi connectivity index (χ3n) is 6.61. The Morgan fingerprint density at radius 2 is 0.733 bits per heavy atom. The van der Waals surface area contributed by atoms with Gasteiger partial charge in [-0.3, -0.25) is 0 Å². The van der Waals surface area contributed by atoms with Crippen molar-refractivity contribution in [2.45, 2.75) is 175 Å². The third kappa shape index (κ3) is 23.8. The molecule has 0 aromatic heterocycles. The van der Waals surface area contributed by atoms with Crippen LogP contribution in [0.3, 0.4) is 0 Å². The SMILES string of the molecule is CCCCCC#CCCCCCC(CCC)CCCCCCCCCCCCCC. The second-order valence-electron chi connectivity index (χ2n) is 9.74. The van der Waals surface area contributed by atoms with Gasteiger partial charge in [-0.05, 0) is 18.8 Å². The van der Waals surface area contributed by atoms with Gasteiger partial charge in [-0.15, -0.1) is 11.8 Å². The van der Waals surface area contributed by atoms with E-state index in [-0.39, 0.29) is 0 Å². The zero-order chi connectivity index (χ0) is 22.0. The van der Waals surface area contributed by atoms with Crippen LogP contribution >= 0.6 is 0 Å². The molecule has 0 heteroatoms. The summed E-state index contributed by atoms with van der Waals surface area (Å²) < 4.78 is 0. The van der Waals surface area contributed by atoms with Crippen molar-refractivity contribution in [1.29, 1.82) is 0 Å². The molecule has 0 N–H and O–H groups in total. The maximum Gasteiger partial charge on any atom is 0.00886 e. The first-order chi connectivity index (χ1) is 14.8. The topological polar surface area (TPSA) is 0 Å². The van der Waals surface area contributed by atoms with Gasteiger partial charge in [0, 0.05) is 12.8 Å². The summed E-state index contributed by atoms with van der Waals surface area (Å²) in [4.78, 5) is 0. The van der Waals surface area contributed by atoms with Crippen LogP contribution in [0.15, 0.2) is 0 Å². The van der Waals surface area contributed by atoms with E-state index >= 15 is 0 Å². The molecule has 0 radical (unpaired) electrons. The minimum Gasteiger partial charge on any atom is -0.103 e. The average Bonchev–Trinajstić information content (AvgIpc) is 2.75. The number of rotatable bonds is 23. The minimum absolute atomic E-state index is 0.998. The third-order valence-corrected chi connectivity index (χ3v) is 6.61. The largest absolute Gasteiger partial charge is 0.103 e. The molecular weight excluding hydrogens is 360 g/mol. The van der Waals surface area contributed by atoms with Crippen molar-refractivity contribution in [2.75, 3.05) is 0 Å². The molecule has 30 heavy (non-hydrogen) atoms. The molecule has 0 aliphatic rings. The zero-order valence-corrected chi connectivity index (χ0v) is 21.5. The standard InChI is InChI=1S/C30H58/c1-4-7-9-11-13-15-17-18-20-22-24-26-29-30(27-6-3)28-25-23-21-19-16-14-12-10-8-5-2/h30H,4-13,15,17-29H2,1-3H3. The van der Waals surface area contributed by atoms with E-state index in [1.54, 1.807) is 0 Å². The molecule has 0 aromatic carbocycles. The smallest absolute Gasteiger partial charge is 0.00886 e. The fraction of sp³-hybridized carbons (Fsp3) is 0.933. The molecule has 0 saturated carbocycles. The van der Waals surface area contributed by atoms with E-state index in [1.807, 2.05) is 0 Å². The first-order valence-electron chi connectivity index (χ1n) is 14.3. The zero-order valence-electron chi connectivity index (χ0n) is 21.5. The van der Waals surface area contributed by atoms with Crippen molar-refractivity contribution < 1.29 is 0 Å². The monoisotopic (exact) mass is 418 g/mol. The Labute approximate surface area is 192 Å². The molecular formula is C30H58. The fourth-order valence-corrected chi connectivity index (χ4v) is 4.58. The van der Waals surface area contributed by atoms with Gasteiger partial charge >= 0.3 is 0 Å². The number of hydrogen-bond donors (Lipinski definition) is 0. The summed E-state index contributed by atoms with van der Waals surface area (Å²) in [6.45, 7) is 6.93.